The number of nitrogen functional groups attached to an aromatic ring is 1. The number of fused-ring (bicyclic) bond motifs is 1. The number of nitrogens with zero attached hydrogens (tertiary/aromatic N) is 5. The summed E-state index contributed by atoms with van der Waals surface area (Å²) in [6.45, 7) is 0. The van der Waals surface area contributed by atoms with Gasteiger partial charge in [-0.15, -0.1) is 0 Å². The largest absolute Gasteiger partial charge is 0.383 e. The lowest BCUT2D eigenvalue weighted by molar-refractivity contribution is 0.387. The van der Waals surface area contributed by atoms with Gasteiger partial charge in [0.05, 0.1) is 16.6 Å². The second kappa shape index (κ2) is 4.85. The quantitative estimate of drug-likeness (QED) is 0.595. The van der Waals surface area contributed by atoms with E-state index in [9.17, 15) is 0 Å². The Morgan fingerprint density at radius 3 is 2.83 bits per heavy atom. The molecule has 118 valence electrons. The zero-order valence-electron chi connectivity index (χ0n) is 12.6. The third kappa shape index (κ3) is 1.89. The summed E-state index contributed by atoms with van der Waals surface area (Å²) < 4.78 is 5.66. The van der Waals surface area contributed by atoms with E-state index >= 15 is 0 Å². The molecule has 0 aliphatic heterocycles. The van der Waals surface area contributed by atoms with Gasteiger partial charge in [0, 0.05) is 12.1 Å². The molecule has 0 saturated heterocycles. The summed E-state index contributed by atoms with van der Waals surface area (Å²) in [7, 11) is 0. The van der Waals surface area contributed by atoms with Crippen LogP contribution in [0.3, 0.4) is 0 Å². The van der Waals surface area contributed by atoms with Crippen molar-refractivity contribution in [3.63, 3.8) is 0 Å². The number of anilines is 1. The molecule has 1 saturated carbocycles. The number of nitrogens with two attached hydrogens (primary N) is 1. The van der Waals surface area contributed by atoms with E-state index in [1.807, 2.05) is 18.2 Å². The van der Waals surface area contributed by atoms with Gasteiger partial charge in [-0.2, -0.15) is 5.10 Å². The molecule has 24 heavy (non-hydrogen) atoms. The molecule has 0 amide bonds. The summed E-state index contributed by atoms with van der Waals surface area (Å²) in [4.78, 5) is 12.7. The molecule has 4 heterocycles. The topological polar surface area (TPSA) is 119 Å². The van der Waals surface area contributed by atoms with Gasteiger partial charge in [0.1, 0.15) is 29.3 Å². The van der Waals surface area contributed by atoms with E-state index in [0.717, 1.165) is 29.9 Å². The average molecular weight is 319 g/mol. The van der Waals surface area contributed by atoms with Crippen molar-refractivity contribution < 1.29 is 4.52 Å². The third-order valence-corrected chi connectivity index (χ3v) is 4.20. The van der Waals surface area contributed by atoms with Crippen molar-refractivity contribution in [2.75, 3.05) is 5.73 Å². The zero-order chi connectivity index (χ0) is 16.1. The van der Waals surface area contributed by atoms with E-state index in [2.05, 4.69) is 30.3 Å². The van der Waals surface area contributed by atoms with Crippen LogP contribution in [0.25, 0.3) is 33.7 Å². The number of H-pyrrole nitrogens is 1. The minimum atomic E-state index is 0.353. The highest BCUT2D eigenvalue weighted by molar-refractivity contribution is 6.00. The molecule has 4 aromatic rings. The lowest BCUT2D eigenvalue weighted by atomic mass is 10.0. The van der Waals surface area contributed by atoms with Crippen LogP contribution in [0.2, 0.25) is 0 Å². The SMILES string of the molecule is Nc1ncnc2[nH]nc(-c3noc(C4CC4)c3-c3ccccn3)c12. The van der Waals surface area contributed by atoms with Gasteiger partial charge in [-0.3, -0.25) is 10.1 Å². The van der Waals surface area contributed by atoms with Gasteiger partial charge in [0.2, 0.25) is 0 Å². The lowest BCUT2D eigenvalue weighted by Gasteiger charge is -2.02. The highest BCUT2D eigenvalue weighted by Crippen LogP contribution is 2.47. The summed E-state index contributed by atoms with van der Waals surface area (Å²) in [6.07, 6.45) is 5.35. The number of pyridine rings is 1. The van der Waals surface area contributed by atoms with Crippen LogP contribution in [-0.2, 0) is 0 Å². The molecule has 0 aromatic carbocycles. The first-order valence-electron chi connectivity index (χ1n) is 7.69. The van der Waals surface area contributed by atoms with Crippen molar-refractivity contribution in [3.8, 4) is 22.6 Å². The molecule has 3 N–H and O–H groups in total. The van der Waals surface area contributed by atoms with Crippen molar-refractivity contribution in [2.45, 2.75) is 18.8 Å². The Balaban J connectivity index is 1.80. The van der Waals surface area contributed by atoms with Crippen molar-refractivity contribution in [3.05, 3.63) is 36.5 Å². The highest BCUT2D eigenvalue weighted by atomic mass is 16.5. The second-order valence-corrected chi connectivity index (χ2v) is 5.81. The molecular weight excluding hydrogens is 306 g/mol. The molecule has 8 heteroatoms. The standard InChI is InChI=1S/C16H13N7O/c17-15-11-12(21-22-16(11)20-7-19-15)13-10(9-3-1-2-6-18-9)14(24-23-13)8-4-5-8/h1-3,6-8H,4-5H2,(H3,17,19,20,21,22). The summed E-state index contributed by atoms with van der Waals surface area (Å²) >= 11 is 0. The maximum absolute atomic E-state index is 6.02. The third-order valence-electron chi connectivity index (χ3n) is 4.20. The van der Waals surface area contributed by atoms with Gasteiger partial charge in [-0.25, -0.2) is 9.97 Å². The van der Waals surface area contributed by atoms with Gasteiger partial charge in [0.15, 0.2) is 5.65 Å². The molecule has 1 aliphatic carbocycles. The summed E-state index contributed by atoms with van der Waals surface area (Å²) in [6, 6.07) is 5.76. The lowest BCUT2D eigenvalue weighted by Crippen LogP contribution is -1.94. The number of hydrogen-bond donors (Lipinski definition) is 2. The fourth-order valence-corrected chi connectivity index (χ4v) is 2.90. The Hall–Kier alpha value is -3.29. The summed E-state index contributed by atoms with van der Waals surface area (Å²) in [5.74, 6) is 1.60. The maximum Gasteiger partial charge on any atom is 0.161 e. The number of nitrogens with one attached hydrogen (secondary N) is 1. The van der Waals surface area contributed by atoms with Crippen LogP contribution in [-0.4, -0.2) is 30.3 Å². The maximum atomic E-state index is 6.02. The Morgan fingerprint density at radius 1 is 1.12 bits per heavy atom. The van der Waals surface area contributed by atoms with Crippen molar-refractivity contribution in [2.24, 2.45) is 0 Å². The number of aromatic amines is 1. The molecule has 4 aromatic heterocycles. The molecular formula is C16H13N7O. The molecule has 0 atom stereocenters. The average Bonchev–Trinajstić information content (AvgIpc) is 3.21. The van der Waals surface area contributed by atoms with Crippen LogP contribution in [0, 0.1) is 0 Å². The van der Waals surface area contributed by atoms with Crippen LogP contribution in [0.1, 0.15) is 24.5 Å². The predicted molar refractivity (Wildman–Crippen MR) is 86.8 cm³/mol. The van der Waals surface area contributed by atoms with E-state index in [1.54, 1.807) is 6.20 Å². The highest BCUT2D eigenvalue weighted by Gasteiger charge is 2.34. The molecule has 1 aliphatic rings. The van der Waals surface area contributed by atoms with Crippen molar-refractivity contribution in [1.29, 1.82) is 0 Å². The molecule has 0 bridgehead atoms. The Bertz CT molecular complexity index is 1030. The molecule has 0 radical (unpaired) electrons. The first-order chi connectivity index (χ1) is 11.8. The Kier molecular flexibility index (Phi) is 2.66. The van der Waals surface area contributed by atoms with Crippen LogP contribution < -0.4 is 5.73 Å². The van der Waals surface area contributed by atoms with E-state index in [-0.39, 0.29) is 0 Å². The predicted octanol–water partition coefficient (Wildman–Crippen LogP) is 2.53. The van der Waals surface area contributed by atoms with E-state index in [1.165, 1.54) is 6.33 Å². The van der Waals surface area contributed by atoms with E-state index < -0.39 is 0 Å². The molecule has 8 nitrogen and oxygen atoms in total. The second-order valence-electron chi connectivity index (χ2n) is 5.81. The number of rotatable bonds is 3. The van der Waals surface area contributed by atoms with Crippen LogP contribution >= 0.6 is 0 Å². The van der Waals surface area contributed by atoms with E-state index in [0.29, 0.717) is 34.2 Å². The Morgan fingerprint density at radius 2 is 2.04 bits per heavy atom. The van der Waals surface area contributed by atoms with Gasteiger partial charge in [0.25, 0.3) is 0 Å². The molecule has 0 unspecified atom stereocenters. The first-order valence-corrected chi connectivity index (χ1v) is 7.69. The van der Waals surface area contributed by atoms with Gasteiger partial charge >= 0.3 is 0 Å². The van der Waals surface area contributed by atoms with Gasteiger partial charge < -0.3 is 10.3 Å². The number of aromatic nitrogens is 6. The monoisotopic (exact) mass is 319 g/mol. The van der Waals surface area contributed by atoms with Crippen LogP contribution in [0.4, 0.5) is 5.82 Å². The molecule has 0 spiro atoms. The fourth-order valence-electron chi connectivity index (χ4n) is 2.90. The minimum Gasteiger partial charge on any atom is -0.383 e. The smallest absolute Gasteiger partial charge is 0.161 e. The minimum absolute atomic E-state index is 0.353. The van der Waals surface area contributed by atoms with Crippen LogP contribution in [0.15, 0.2) is 35.2 Å². The summed E-state index contributed by atoms with van der Waals surface area (Å²) in [5.41, 5.74) is 9.47. The molecule has 1 fully saturated rings. The van der Waals surface area contributed by atoms with Gasteiger partial charge in [-0.1, -0.05) is 11.2 Å². The van der Waals surface area contributed by atoms with Crippen LogP contribution in [0.5, 0.6) is 0 Å². The number of hydrogen-bond acceptors (Lipinski definition) is 7. The van der Waals surface area contributed by atoms with Crippen molar-refractivity contribution >= 4 is 16.9 Å². The molecule has 5 rings (SSSR count). The summed E-state index contributed by atoms with van der Waals surface area (Å²) in [5, 5.41) is 12.1. The fraction of sp³-hybridized carbons (Fsp3) is 0.188. The normalized spacial score (nSPS) is 14.3. The van der Waals surface area contributed by atoms with E-state index in [4.69, 9.17) is 10.3 Å². The zero-order valence-corrected chi connectivity index (χ0v) is 12.6. The first kappa shape index (κ1) is 13.2. The van der Waals surface area contributed by atoms with Crippen molar-refractivity contribution in [1.82, 2.24) is 30.3 Å². The van der Waals surface area contributed by atoms with Gasteiger partial charge in [-0.05, 0) is 25.0 Å². The Labute approximate surface area is 136 Å².